The van der Waals surface area contributed by atoms with Crippen molar-refractivity contribution in [3.63, 3.8) is 0 Å². The number of hydrogen-bond donors (Lipinski definition) is 0. The molecule has 0 aromatic heterocycles. The second-order valence-electron chi connectivity index (χ2n) is 1.78. The van der Waals surface area contributed by atoms with Crippen LogP contribution in [0.4, 0.5) is 0 Å². The molecule has 0 N–H and O–H groups in total. The average Bonchev–Trinajstić information content (AvgIpc) is 1.69. The van der Waals surface area contributed by atoms with Crippen LogP contribution in [0.2, 0.25) is 4.37 Å². The van der Waals surface area contributed by atoms with Gasteiger partial charge in [0, 0.05) is 0 Å². The summed E-state index contributed by atoms with van der Waals surface area (Å²) in [6, 6.07) is 0. The Morgan fingerprint density at radius 3 is 2.29 bits per heavy atom. The van der Waals surface area contributed by atoms with E-state index in [1.165, 1.54) is 30.1 Å². The molecule has 0 fully saturated rings. The van der Waals surface area contributed by atoms with E-state index >= 15 is 0 Å². The van der Waals surface area contributed by atoms with Crippen molar-refractivity contribution in [2.75, 3.05) is 0 Å². The average molecular weight is 207 g/mol. The Balaban J connectivity index is 2.45. The third kappa shape index (κ3) is 6.82. The van der Waals surface area contributed by atoms with Gasteiger partial charge in [0.15, 0.2) is 0 Å². The molecule has 0 amide bonds. The van der Waals surface area contributed by atoms with E-state index in [0.717, 1.165) is 0 Å². The molecule has 0 unspecified atom stereocenters. The fraction of sp³-hybridized carbons (Fsp3) is 1.00. The van der Waals surface area contributed by atoms with Crippen molar-refractivity contribution in [1.82, 2.24) is 0 Å². The van der Waals surface area contributed by atoms with Crippen molar-refractivity contribution < 1.29 is 0 Å². The first-order valence-corrected chi connectivity index (χ1v) is 4.83. The number of rotatable bonds is 4. The SMILES string of the molecule is CCCCC[CH2][Sb]. The molecule has 2 radical (unpaired) electrons. The molecule has 0 saturated carbocycles. The van der Waals surface area contributed by atoms with E-state index in [-0.39, 0.29) is 0 Å². The minimum atomic E-state index is 1.37. The van der Waals surface area contributed by atoms with Crippen LogP contribution in [0.25, 0.3) is 0 Å². The molecule has 0 atom stereocenters. The summed E-state index contributed by atoms with van der Waals surface area (Å²) < 4.78 is 1.41. The topological polar surface area (TPSA) is 0 Å². The van der Waals surface area contributed by atoms with Crippen molar-refractivity contribution in [3.8, 4) is 0 Å². The van der Waals surface area contributed by atoms with Crippen molar-refractivity contribution in [2.24, 2.45) is 0 Å². The van der Waals surface area contributed by atoms with Gasteiger partial charge in [-0.25, -0.2) is 0 Å². The van der Waals surface area contributed by atoms with Gasteiger partial charge in [-0.1, -0.05) is 0 Å². The zero-order valence-corrected chi connectivity index (χ0v) is 7.54. The Morgan fingerprint density at radius 1 is 1.14 bits per heavy atom. The van der Waals surface area contributed by atoms with Crippen LogP contribution in [0.5, 0.6) is 0 Å². The van der Waals surface area contributed by atoms with Crippen LogP contribution in [0.1, 0.15) is 32.6 Å². The second kappa shape index (κ2) is 6.82. The Kier molecular flexibility index (Phi) is 7.62. The van der Waals surface area contributed by atoms with Crippen LogP contribution in [0, 0.1) is 0 Å². The maximum absolute atomic E-state index is 2.25. The first kappa shape index (κ1) is 7.82. The van der Waals surface area contributed by atoms with Gasteiger partial charge < -0.3 is 0 Å². The van der Waals surface area contributed by atoms with E-state index in [1.54, 1.807) is 0 Å². The molecule has 0 heterocycles. The molecule has 0 spiro atoms. The zero-order valence-electron chi connectivity index (χ0n) is 4.98. The fourth-order valence-electron chi connectivity index (χ4n) is 0.539. The van der Waals surface area contributed by atoms with Crippen molar-refractivity contribution in [1.29, 1.82) is 0 Å². The molecule has 0 aromatic rings. The second-order valence-corrected chi connectivity index (χ2v) is 3.06. The summed E-state index contributed by atoms with van der Waals surface area (Å²) in [5.41, 5.74) is 0. The van der Waals surface area contributed by atoms with Gasteiger partial charge in [-0.2, -0.15) is 0 Å². The molecule has 0 aromatic carbocycles. The molecule has 0 aliphatic carbocycles. The molecule has 42 valence electrons. The van der Waals surface area contributed by atoms with Crippen molar-refractivity contribution in [3.05, 3.63) is 0 Å². The first-order chi connectivity index (χ1) is 3.41. The Labute approximate surface area is 60.2 Å². The van der Waals surface area contributed by atoms with Crippen molar-refractivity contribution >= 4 is 23.0 Å². The minimum absolute atomic E-state index is 1.37. The van der Waals surface area contributed by atoms with Gasteiger partial charge >= 0.3 is 60.0 Å². The third-order valence-corrected chi connectivity index (χ3v) is 1.91. The zero-order chi connectivity index (χ0) is 5.54. The van der Waals surface area contributed by atoms with Crippen molar-refractivity contribution in [2.45, 2.75) is 37.0 Å². The van der Waals surface area contributed by atoms with E-state index in [9.17, 15) is 0 Å². The standard InChI is InChI=1S/C6H13.Sb/c1-3-5-6-4-2;/h1,3-6H2,2H3;. The quantitative estimate of drug-likeness (QED) is 0.489. The predicted octanol–water partition coefficient (Wildman–Crippen LogP) is 2.15. The Morgan fingerprint density at radius 2 is 1.86 bits per heavy atom. The van der Waals surface area contributed by atoms with Gasteiger partial charge in [0.2, 0.25) is 0 Å². The van der Waals surface area contributed by atoms with Gasteiger partial charge in [-0.15, -0.1) is 0 Å². The van der Waals surface area contributed by atoms with E-state index in [4.69, 9.17) is 0 Å². The predicted molar refractivity (Wildman–Crippen MR) is 34.7 cm³/mol. The van der Waals surface area contributed by atoms with E-state index < -0.39 is 0 Å². The normalized spacial score (nSPS) is 9.43. The summed E-state index contributed by atoms with van der Waals surface area (Å²) in [5.74, 6) is 0. The Bertz CT molecular complexity index is 23.4. The first-order valence-electron chi connectivity index (χ1n) is 3.02. The number of unbranched alkanes of at least 4 members (excludes halogenated alkanes) is 3. The molecule has 0 aliphatic rings. The molecular weight excluding hydrogens is 194 g/mol. The van der Waals surface area contributed by atoms with Gasteiger partial charge in [-0.05, 0) is 0 Å². The summed E-state index contributed by atoms with van der Waals surface area (Å²) in [6.07, 6.45) is 5.70. The van der Waals surface area contributed by atoms with Crippen LogP contribution in [-0.4, -0.2) is 23.0 Å². The van der Waals surface area contributed by atoms with E-state index in [2.05, 4.69) is 6.92 Å². The van der Waals surface area contributed by atoms with E-state index in [0.29, 0.717) is 0 Å². The molecular formula is C6H13Sb. The molecule has 0 saturated heterocycles. The van der Waals surface area contributed by atoms with Gasteiger partial charge in [0.25, 0.3) is 0 Å². The molecule has 7 heavy (non-hydrogen) atoms. The summed E-state index contributed by atoms with van der Waals surface area (Å²) in [5, 5.41) is 0. The Hall–Kier alpha value is 0.818. The molecule has 1 heteroatoms. The van der Waals surface area contributed by atoms with Crippen LogP contribution >= 0.6 is 0 Å². The van der Waals surface area contributed by atoms with Crippen LogP contribution < -0.4 is 0 Å². The van der Waals surface area contributed by atoms with Crippen LogP contribution in [-0.2, 0) is 0 Å². The molecule has 0 bridgehead atoms. The molecule has 0 nitrogen and oxygen atoms in total. The van der Waals surface area contributed by atoms with Crippen LogP contribution in [0.3, 0.4) is 0 Å². The number of hydrogen-bond acceptors (Lipinski definition) is 0. The molecule has 0 aliphatic heterocycles. The summed E-state index contributed by atoms with van der Waals surface area (Å²) in [4.78, 5) is 0. The third-order valence-electron chi connectivity index (χ3n) is 1.01. The van der Waals surface area contributed by atoms with Crippen LogP contribution in [0.15, 0.2) is 0 Å². The van der Waals surface area contributed by atoms with Gasteiger partial charge in [-0.3, -0.25) is 0 Å². The summed E-state index contributed by atoms with van der Waals surface area (Å²) in [7, 11) is 0. The fourth-order valence-corrected chi connectivity index (χ4v) is 1.18. The monoisotopic (exact) mass is 206 g/mol. The molecule has 0 rings (SSSR count). The van der Waals surface area contributed by atoms with E-state index in [1.807, 2.05) is 23.0 Å². The van der Waals surface area contributed by atoms with Gasteiger partial charge in [0.1, 0.15) is 0 Å². The summed E-state index contributed by atoms with van der Waals surface area (Å²) >= 11 is 1.94. The van der Waals surface area contributed by atoms with Gasteiger partial charge in [0.05, 0.1) is 0 Å². The maximum atomic E-state index is 2.25. The summed E-state index contributed by atoms with van der Waals surface area (Å²) in [6.45, 7) is 2.25.